The van der Waals surface area contributed by atoms with Gasteiger partial charge in [0.05, 0.1) is 12.1 Å². The van der Waals surface area contributed by atoms with Gasteiger partial charge in [-0.25, -0.2) is 0 Å². The number of nitrogens with one attached hydrogen (secondary N) is 1. The SMILES string of the molecule is COc1cc2c(C=O)c(C)[nH]c2cc1Cl. The molecule has 1 aromatic heterocycles. The predicted octanol–water partition coefficient (Wildman–Crippen LogP) is 2.95. The van der Waals surface area contributed by atoms with Crippen molar-refractivity contribution in [3.8, 4) is 5.75 Å². The first-order valence-electron chi connectivity index (χ1n) is 4.48. The standard InChI is InChI=1S/C11H10ClNO2/c1-6-8(5-14)7-3-11(15-2)9(12)4-10(7)13-6/h3-5,13H,1-2H3. The highest BCUT2D eigenvalue weighted by molar-refractivity contribution is 6.33. The van der Waals surface area contributed by atoms with Crippen LogP contribution in [0.4, 0.5) is 0 Å². The fraction of sp³-hybridized carbons (Fsp3) is 0.182. The zero-order valence-corrected chi connectivity index (χ0v) is 9.18. The lowest BCUT2D eigenvalue weighted by molar-refractivity contribution is 0.112. The van der Waals surface area contributed by atoms with Gasteiger partial charge in [0.2, 0.25) is 0 Å². The van der Waals surface area contributed by atoms with E-state index in [0.717, 1.165) is 22.9 Å². The van der Waals surface area contributed by atoms with E-state index >= 15 is 0 Å². The second kappa shape index (κ2) is 3.59. The van der Waals surface area contributed by atoms with Crippen LogP contribution >= 0.6 is 11.6 Å². The maximum atomic E-state index is 10.9. The van der Waals surface area contributed by atoms with Gasteiger partial charge in [0.25, 0.3) is 0 Å². The Hall–Kier alpha value is -1.48. The number of methoxy groups -OCH3 is 1. The first-order valence-corrected chi connectivity index (χ1v) is 4.86. The molecular weight excluding hydrogens is 214 g/mol. The van der Waals surface area contributed by atoms with Crippen molar-refractivity contribution < 1.29 is 9.53 Å². The van der Waals surface area contributed by atoms with Crippen LogP contribution in [-0.2, 0) is 0 Å². The van der Waals surface area contributed by atoms with Crippen molar-refractivity contribution in [2.24, 2.45) is 0 Å². The van der Waals surface area contributed by atoms with Gasteiger partial charge in [0.15, 0.2) is 6.29 Å². The molecular formula is C11H10ClNO2. The van der Waals surface area contributed by atoms with Crippen LogP contribution in [-0.4, -0.2) is 18.4 Å². The summed E-state index contributed by atoms with van der Waals surface area (Å²) >= 11 is 5.97. The molecule has 0 spiro atoms. The Morgan fingerprint density at radius 2 is 2.20 bits per heavy atom. The molecule has 0 bridgehead atoms. The highest BCUT2D eigenvalue weighted by atomic mass is 35.5. The van der Waals surface area contributed by atoms with Gasteiger partial charge in [-0.05, 0) is 19.1 Å². The Morgan fingerprint density at radius 1 is 1.47 bits per heavy atom. The molecule has 0 amide bonds. The van der Waals surface area contributed by atoms with Crippen LogP contribution in [0, 0.1) is 6.92 Å². The summed E-state index contributed by atoms with van der Waals surface area (Å²) in [5.74, 6) is 0.575. The first-order chi connectivity index (χ1) is 7.17. The maximum Gasteiger partial charge on any atom is 0.152 e. The molecule has 3 nitrogen and oxygen atoms in total. The number of aldehydes is 1. The van der Waals surface area contributed by atoms with Gasteiger partial charge in [-0.1, -0.05) is 11.6 Å². The van der Waals surface area contributed by atoms with Gasteiger partial charge in [0, 0.05) is 22.2 Å². The summed E-state index contributed by atoms with van der Waals surface area (Å²) in [5.41, 5.74) is 2.34. The van der Waals surface area contributed by atoms with Gasteiger partial charge in [-0.3, -0.25) is 4.79 Å². The number of carbonyl (C=O) groups is 1. The fourth-order valence-electron chi connectivity index (χ4n) is 1.66. The number of fused-ring (bicyclic) bond motifs is 1. The Morgan fingerprint density at radius 3 is 2.80 bits per heavy atom. The second-order valence-electron chi connectivity index (χ2n) is 3.31. The number of carbonyl (C=O) groups excluding carboxylic acids is 1. The van der Waals surface area contributed by atoms with E-state index in [9.17, 15) is 4.79 Å². The van der Waals surface area contributed by atoms with E-state index in [4.69, 9.17) is 16.3 Å². The molecule has 0 aliphatic carbocycles. The molecule has 1 N–H and O–H groups in total. The number of aromatic nitrogens is 1. The highest BCUT2D eigenvalue weighted by Gasteiger charge is 2.10. The van der Waals surface area contributed by atoms with Crippen molar-refractivity contribution in [2.75, 3.05) is 7.11 Å². The van der Waals surface area contributed by atoms with Gasteiger partial charge < -0.3 is 9.72 Å². The minimum absolute atomic E-state index is 0.531. The zero-order chi connectivity index (χ0) is 11.0. The Balaban J connectivity index is 2.82. The summed E-state index contributed by atoms with van der Waals surface area (Å²) in [5, 5.41) is 1.37. The van der Waals surface area contributed by atoms with E-state index < -0.39 is 0 Å². The molecule has 0 atom stereocenters. The van der Waals surface area contributed by atoms with Crippen LogP contribution in [0.2, 0.25) is 5.02 Å². The van der Waals surface area contributed by atoms with Gasteiger partial charge >= 0.3 is 0 Å². The molecule has 1 heterocycles. The third-order valence-corrected chi connectivity index (χ3v) is 2.72. The van der Waals surface area contributed by atoms with E-state index in [1.807, 2.05) is 6.92 Å². The van der Waals surface area contributed by atoms with Gasteiger partial charge in [0.1, 0.15) is 5.75 Å². The number of halogens is 1. The number of hydrogen-bond donors (Lipinski definition) is 1. The van der Waals surface area contributed by atoms with Crippen LogP contribution in [0.25, 0.3) is 10.9 Å². The topological polar surface area (TPSA) is 42.1 Å². The molecule has 78 valence electrons. The van der Waals surface area contributed by atoms with E-state index in [2.05, 4.69) is 4.98 Å². The molecule has 2 aromatic rings. The molecule has 0 aliphatic heterocycles. The smallest absolute Gasteiger partial charge is 0.152 e. The molecule has 0 radical (unpaired) electrons. The lowest BCUT2D eigenvalue weighted by Gasteiger charge is -2.02. The van der Waals surface area contributed by atoms with Crippen molar-refractivity contribution in [1.29, 1.82) is 0 Å². The summed E-state index contributed by atoms with van der Waals surface area (Å²) in [6.07, 6.45) is 0.835. The Bertz CT molecular complexity index is 531. The molecule has 0 saturated heterocycles. The number of aromatic amines is 1. The molecule has 0 fully saturated rings. The zero-order valence-electron chi connectivity index (χ0n) is 8.43. The number of ether oxygens (including phenoxy) is 1. The lowest BCUT2D eigenvalue weighted by atomic mass is 10.1. The third kappa shape index (κ3) is 1.49. The first kappa shape index (κ1) is 10.1. The third-order valence-electron chi connectivity index (χ3n) is 2.43. The van der Waals surface area contributed by atoms with E-state index in [0.29, 0.717) is 16.3 Å². The van der Waals surface area contributed by atoms with Crippen LogP contribution in [0.3, 0.4) is 0 Å². The predicted molar refractivity (Wildman–Crippen MR) is 60.0 cm³/mol. The normalized spacial score (nSPS) is 10.6. The second-order valence-corrected chi connectivity index (χ2v) is 3.72. The average molecular weight is 224 g/mol. The molecule has 2 rings (SSSR count). The largest absolute Gasteiger partial charge is 0.495 e. The minimum Gasteiger partial charge on any atom is -0.495 e. The van der Waals surface area contributed by atoms with E-state index in [1.54, 1.807) is 19.2 Å². The molecule has 0 aliphatic rings. The van der Waals surface area contributed by atoms with Crippen molar-refractivity contribution in [2.45, 2.75) is 6.92 Å². The van der Waals surface area contributed by atoms with Gasteiger partial charge in [-0.15, -0.1) is 0 Å². The van der Waals surface area contributed by atoms with Gasteiger partial charge in [-0.2, -0.15) is 0 Å². The summed E-state index contributed by atoms with van der Waals surface area (Å²) in [4.78, 5) is 14.0. The fourth-order valence-corrected chi connectivity index (χ4v) is 1.90. The average Bonchev–Trinajstić information content (AvgIpc) is 2.51. The van der Waals surface area contributed by atoms with Crippen LogP contribution in [0.1, 0.15) is 16.1 Å². The van der Waals surface area contributed by atoms with Crippen molar-refractivity contribution in [1.82, 2.24) is 4.98 Å². The van der Waals surface area contributed by atoms with Crippen molar-refractivity contribution in [3.05, 3.63) is 28.4 Å². The molecule has 0 unspecified atom stereocenters. The number of benzene rings is 1. The summed E-state index contributed by atoms with van der Waals surface area (Å²) < 4.78 is 5.10. The van der Waals surface area contributed by atoms with Crippen molar-refractivity contribution >= 4 is 28.8 Å². The maximum absolute atomic E-state index is 10.9. The summed E-state index contributed by atoms with van der Waals surface area (Å²) in [7, 11) is 1.55. The molecule has 0 saturated carbocycles. The van der Waals surface area contributed by atoms with Crippen LogP contribution < -0.4 is 4.74 Å². The van der Waals surface area contributed by atoms with Crippen LogP contribution in [0.15, 0.2) is 12.1 Å². The minimum atomic E-state index is 0.531. The highest BCUT2D eigenvalue weighted by Crippen LogP contribution is 2.31. The van der Waals surface area contributed by atoms with E-state index in [1.165, 1.54) is 0 Å². The molecule has 4 heteroatoms. The monoisotopic (exact) mass is 223 g/mol. The lowest BCUT2D eigenvalue weighted by Crippen LogP contribution is -1.85. The number of rotatable bonds is 2. The van der Waals surface area contributed by atoms with Crippen LogP contribution in [0.5, 0.6) is 5.75 Å². The Kier molecular flexibility index (Phi) is 2.40. The quantitative estimate of drug-likeness (QED) is 0.796. The van der Waals surface area contributed by atoms with Crippen molar-refractivity contribution in [3.63, 3.8) is 0 Å². The number of aryl methyl sites for hydroxylation is 1. The summed E-state index contributed by atoms with van der Waals surface area (Å²) in [6, 6.07) is 3.53. The number of H-pyrrole nitrogens is 1. The Labute approximate surface area is 92.0 Å². The molecule has 15 heavy (non-hydrogen) atoms. The number of hydrogen-bond acceptors (Lipinski definition) is 2. The molecule has 1 aromatic carbocycles. The summed E-state index contributed by atoms with van der Waals surface area (Å²) in [6.45, 7) is 1.85. The van der Waals surface area contributed by atoms with E-state index in [-0.39, 0.29) is 0 Å².